The Hall–Kier alpha value is -2.77. The van der Waals surface area contributed by atoms with Gasteiger partial charge in [-0.15, -0.1) is 0 Å². The minimum absolute atomic E-state index is 0.0502. The quantitative estimate of drug-likeness (QED) is 0.623. The minimum atomic E-state index is -0.856. The van der Waals surface area contributed by atoms with Crippen LogP contribution in [0.5, 0.6) is 0 Å². The molecule has 0 aromatic heterocycles. The summed E-state index contributed by atoms with van der Waals surface area (Å²) in [5, 5.41) is 11.4. The topological polar surface area (TPSA) is 84.9 Å². The fourth-order valence-corrected chi connectivity index (χ4v) is 2.36. The second kappa shape index (κ2) is 10.4. The van der Waals surface area contributed by atoms with Crippen molar-refractivity contribution < 1.29 is 28.6 Å². The molecule has 2 N–H and O–H groups in total. The first-order chi connectivity index (χ1) is 13.0. The molecule has 144 valence electrons. The van der Waals surface area contributed by atoms with Gasteiger partial charge in [0.1, 0.15) is 5.82 Å². The van der Waals surface area contributed by atoms with E-state index in [0.717, 1.165) is 5.56 Å². The van der Waals surface area contributed by atoms with Crippen molar-refractivity contribution in [3.8, 4) is 0 Å². The van der Waals surface area contributed by atoms with E-state index in [1.54, 1.807) is 31.4 Å². The molecule has 0 radical (unpaired) electrons. The van der Waals surface area contributed by atoms with E-state index in [4.69, 9.17) is 14.6 Å². The van der Waals surface area contributed by atoms with Crippen molar-refractivity contribution >= 4 is 17.6 Å². The predicted molar refractivity (Wildman–Crippen MR) is 98.3 cm³/mol. The lowest BCUT2D eigenvalue weighted by atomic mass is 10.1. The van der Waals surface area contributed by atoms with Gasteiger partial charge in [-0.3, -0.25) is 9.59 Å². The molecule has 2 aromatic carbocycles. The SMILES string of the molecule is COCCOCc1cc(C(=O)Nc2ccc(CCC(=O)O)cc2)ccc1F. The number of halogens is 1. The third-order valence-electron chi connectivity index (χ3n) is 3.84. The molecule has 2 rings (SSSR count). The number of hydrogen-bond donors (Lipinski definition) is 2. The highest BCUT2D eigenvalue weighted by Gasteiger charge is 2.11. The lowest BCUT2D eigenvalue weighted by Crippen LogP contribution is -2.13. The van der Waals surface area contributed by atoms with Gasteiger partial charge in [0.2, 0.25) is 0 Å². The molecule has 0 spiro atoms. The van der Waals surface area contributed by atoms with Gasteiger partial charge in [0, 0.05) is 30.3 Å². The second-order valence-electron chi connectivity index (χ2n) is 5.90. The average Bonchev–Trinajstić information content (AvgIpc) is 2.66. The zero-order valence-electron chi connectivity index (χ0n) is 15.0. The molecule has 6 nitrogen and oxygen atoms in total. The van der Waals surface area contributed by atoms with Gasteiger partial charge in [0.25, 0.3) is 5.91 Å². The lowest BCUT2D eigenvalue weighted by Gasteiger charge is -2.09. The molecule has 0 heterocycles. The highest BCUT2D eigenvalue weighted by molar-refractivity contribution is 6.04. The molecular weight excluding hydrogens is 353 g/mol. The summed E-state index contributed by atoms with van der Waals surface area (Å²) in [5.41, 5.74) is 2.05. The van der Waals surface area contributed by atoms with Crippen LogP contribution in [0.15, 0.2) is 42.5 Å². The summed E-state index contributed by atoms with van der Waals surface area (Å²) in [4.78, 5) is 23.0. The zero-order valence-corrected chi connectivity index (χ0v) is 15.0. The maximum atomic E-state index is 13.9. The zero-order chi connectivity index (χ0) is 19.6. The largest absolute Gasteiger partial charge is 0.481 e. The van der Waals surface area contributed by atoms with Gasteiger partial charge in [-0.25, -0.2) is 4.39 Å². The van der Waals surface area contributed by atoms with Crippen molar-refractivity contribution in [2.45, 2.75) is 19.4 Å². The third-order valence-corrected chi connectivity index (χ3v) is 3.84. The first-order valence-electron chi connectivity index (χ1n) is 8.47. The van der Waals surface area contributed by atoms with Gasteiger partial charge in [0.15, 0.2) is 0 Å². The molecule has 7 heteroatoms. The molecule has 1 amide bonds. The summed E-state index contributed by atoms with van der Waals surface area (Å²) >= 11 is 0. The van der Waals surface area contributed by atoms with Crippen LogP contribution >= 0.6 is 0 Å². The van der Waals surface area contributed by atoms with Gasteiger partial charge in [-0.1, -0.05) is 12.1 Å². The van der Waals surface area contributed by atoms with E-state index in [1.165, 1.54) is 18.2 Å². The van der Waals surface area contributed by atoms with Crippen LogP contribution in [-0.2, 0) is 27.3 Å². The van der Waals surface area contributed by atoms with Crippen LogP contribution in [0.1, 0.15) is 27.9 Å². The van der Waals surface area contributed by atoms with Crippen molar-refractivity contribution in [1.82, 2.24) is 0 Å². The second-order valence-corrected chi connectivity index (χ2v) is 5.90. The number of amides is 1. The van der Waals surface area contributed by atoms with E-state index in [2.05, 4.69) is 5.32 Å². The molecule has 27 heavy (non-hydrogen) atoms. The fourth-order valence-electron chi connectivity index (χ4n) is 2.36. The highest BCUT2D eigenvalue weighted by Crippen LogP contribution is 2.16. The maximum absolute atomic E-state index is 13.9. The molecule has 0 aliphatic carbocycles. The van der Waals surface area contributed by atoms with E-state index >= 15 is 0 Å². The van der Waals surface area contributed by atoms with Crippen LogP contribution < -0.4 is 5.32 Å². The van der Waals surface area contributed by atoms with Gasteiger partial charge in [-0.2, -0.15) is 0 Å². The van der Waals surface area contributed by atoms with Gasteiger partial charge in [-0.05, 0) is 42.3 Å². The molecule has 0 fully saturated rings. The summed E-state index contributed by atoms with van der Waals surface area (Å²) in [6, 6.07) is 11.0. The Morgan fingerprint density at radius 2 is 1.85 bits per heavy atom. The number of ether oxygens (including phenoxy) is 2. The molecule has 0 atom stereocenters. The normalized spacial score (nSPS) is 10.6. The summed E-state index contributed by atoms with van der Waals surface area (Å²) in [7, 11) is 1.55. The van der Waals surface area contributed by atoms with Crippen LogP contribution in [-0.4, -0.2) is 37.3 Å². The molecule has 2 aromatic rings. The highest BCUT2D eigenvalue weighted by atomic mass is 19.1. The van der Waals surface area contributed by atoms with Crippen molar-refractivity contribution in [3.05, 3.63) is 65.0 Å². The van der Waals surface area contributed by atoms with Crippen LogP contribution in [0.2, 0.25) is 0 Å². The number of aryl methyl sites for hydroxylation is 1. The van der Waals surface area contributed by atoms with E-state index < -0.39 is 11.8 Å². The molecule has 0 aliphatic rings. The lowest BCUT2D eigenvalue weighted by molar-refractivity contribution is -0.136. The molecule has 0 aliphatic heterocycles. The number of carbonyl (C=O) groups excluding carboxylic acids is 1. The number of carboxylic acids is 1. The minimum Gasteiger partial charge on any atom is -0.481 e. The van der Waals surface area contributed by atoms with Crippen LogP contribution in [0.25, 0.3) is 0 Å². The van der Waals surface area contributed by atoms with Crippen molar-refractivity contribution in [3.63, 3.8) is 0 Å². The third kappa shape index (κ3) is 6.80. The molecule has 0 saturated carbocycles. The molecule has 0 unspecified atom stereocenters. The van der Waals surface area contributed by atoms with E-state index in [9.17, 15) is 14.0 Å². The number of carbonyl (C=O) groups is 2. The van der Waals surface area contributed by atoms with Crippen LogP contribution in [0.3, 0.4) is 0 Å². The monoisotopic (exact) mass is 375 g/mol. The number of benzene rings is 2. The Balaban J connectivity index is 1.97. The number of aliphatic carboxylic acids is 1. The number of methoxy groups -OCH3 is 1. The van der Waals surface area contributed by atoms with Crippen LogP contribution in [0.4, 0.5) is 10.1 Å². The summed E-state index contributed by atoms with van der Waals surface area (Å²) < 4.78 is 24.0. The van der Waals surface area contributed by atoms with Crippen molar-refractivity contribution in [2.24, 2.45) is 0 Å². The van der Waals surface area contributed by atoms with E-state index in [-0.39, 0.29) is 18.9 Å². The first-order valence-corrected chi connectivity index (χ1v) is 8.47. The summed E-state index contributed by atoms with van der Waals surface area (Å²) in [6.45, 7) is 0.791. The van der Waals surface area contributed by atoms with Crippen molar-refractivity contribution in [2.75, 3.05) is 25.6 Å². The average molecular weight is 375 g/mol. The smallest absolute Gasteiger partial charge is 0.303 e. The number of anilines is 1. The number of carboxylic acid groups (broad SMARTS) is 1. The Labute approximate surface area is 156 Å². The van der Waals surface area contributed by atoms with Gasteiger partial charge < -0.3 is 19.9 Å². The standard InChI is InChI=1S/C20H22FNO5/c1-26-10-11-27-13-16-12-15(5-8-18(16)21)20(25)22-17-6-2-14(3-7-17)4-9-19(23)24/h2-3,5-8,12H,4,9-11,13H2,1H3,(H,22,25)(H,23,24). The molecule has 0 saturated heterocycles. The molecule has 0 bridgehead atoms. The van der Waals surface area contributed by atoms with Crippen LogP contribution in [0, 0.1) is 5.82 Å². The summed E-state index contributed by atoms with van der Waals surface area (Å²) in [6.07, 6.45) is 0.477. The number of hydrogen-bond acceptors (Lipinski definition) is 4. The summed E-state index contributed by atoms with van der Waals surface area (Å²) in [5.74, 6) is -1.66. The Morgan fingerprint density at radius 1 is 1.11 bits per heavy atom. The number of rotatable bonds is 10. The van der Waals surface area contributed by atoms with E-state index in [0.29, 0.717) is 36.4 Å². The Kier molecular flexibility index (Phi) is 7.91. The van der Waals surface area contributed by atoms with Gasteiger partial charge >= 0.3 is 5.97 Å². The van der Waals surface area contributed by atoms with E-state index in [1.807, 2.05) is 0 Å². The maximum Gasteiger partial charge on any atom is 0.303 e. The predicted octanol–water partition coefficient (Wildman–Crippen LogP) is 3.26. The number of nitrogens with one attached hydrogen (secondary N) is 1. The fraction of sp³-hybridized carbons (Fsp3) is 0.300. The van der Waals surface area contributed by atoms with Gasteiger partial charge in [0.05, 0.1) is 19.8 Å². The first kappa shape index (κ1) is 20.5. The Bertz CT molecular complexity index is 776. The Morgan fingerprint density at radius 3 is 2.52 bits per heavy atom. The van der Waals surface area contributed by atoms with Crippen molar-refractivity contribution in [1.29, 1.82) is 0 Å². The molecular formula is C20H22FNO5.